The van der Waals surface area contributed by atoms with Gasteiger partial charge in [-0.2, -0.15) is 5.10 Å². The first-order chi connectivity index (χ1) is 11.1. The monoisotopic (exact) mass is 337 g/mol. The van der Waals surface area contributed by atoms with Crippen LogP contribution in [0.15, 0.2) is 24.4 Å². The van der Waals surface area contributed by atoms with E-state index < -0.39 is 5.82 Å². The van der Waals surface area contributed by atoms with Crippen LogP contribution in [-0.4, -0.2) is 27.4 Å². The van der Waals surface area contributed by atoms with Crippen molar-refractivity contribution in [3.05, 3.63) is 52.1 Å². The van der Waals surface area contributed by atoms with Crippen LogP contribution < -0.4 is 5.32 Å². The van der Waals surface area contributed by atoms with Crippen LogP contribution in [0.3, 0.4) is 0 Å². The second kappa shape index (κ2) is 6.68. The van der Waals surface area contributed by atoms with Crippen LogP contribution in [0, 0.1) is 5.82 Å². The number of benzene rings is 1. The summed E-state index contributed by atoms with van der Waals surface area (Å²) in [5.41, 5.74) is 2.26. The lowest BCUT2D eigenvalue weighted by Crippen LogP contribution is -2.31. The third-order valence-corrected chi connectivity index (χ3v) is 4.37. The minimum Gasteiger partial charge on any atom is -0.394 e. The van der Waals surface area contributed by atoms with Crippen molar-refractivity contribution >= 4 is 17.5 Å². The molecule has 5 nitrogen and oxygen atoms in total. The number of carbonyl (C=O) groups is 1. The summed E-state index contributed by atoms with van der Waals surface area (Å²) < 4.78 is 14.9. The smallest absolute Gasteiger partial charge is 0.253 e. The van der Waals surface area contributed by atoms with Gasteiger partial charge in [-0.15, -0.1) is 0 Å². The van der Waals surface area contributed by atoms with E-state index in [1.165, 1.54) is 12.1 Å². The van der Waals surface area contributed by atoms with E-state index in [-0.39, 0.29) is 29.1 Å². The molecule has 1 aliphatic carbocycles. The number of hydrogen-bond acceptors (Lipinski definition) is 3. The fourth-order valence-corrected chi connectivity index (χ4v) is 3.22. The summed E-state index contributed by atoms with van der Waals surface area (Å²) in [6, 6.07) is 3.57. The van der Waals surface area contributed by atoms with Gasteiger partial charge in [-0.25, -0.2) is 4.39 Å². The van der Waals surface area contributed by atoms with Gasteiger partial charge in [-0.05, 0) is 37.5 Å². The first kappa shape index (κ1) is 16.0. The molecule has 2 aromatic rings. The Morgan fingerprint density at radius 2 is 2.35 bits per heavy atom. The average Bonchev–Trinajstić information content (AvgIpc) is 2.92. The molecular formula is C16H17ClFN3O2. The molecule has 0 spiro atoms. The second-order valence-electron chi connectivity index (χ2n) is 5.54. The highest BCUT2D eigenvalue weighted by Crippen LogP contribution is 2.30. The van der Waals surface area contributed by atoms with E-state index in [0.29, 0.717) is 6.54 Å². The molecule has 0 fully saturated rings. The summed E-state index contributed by atoms with van der Waals surface area (Å²) in [6.07, 6.45) is 4.34. The molecule has 122 valence electrons. The molecule has 1 heterocycles. The summed E-state index contributed by atoms with van der Waals surface area (Å²) >= 11 is 5.94. The molecule has 1 atom stereocenters. The van der Waals surface area contributed by atoms with Gasteiger partial charge in [0.15, 0.2) is 0 Å². The maximum absolute atomic E-state index is 13.1. The van der Waals surface area contributed by atoms with Crippen molar-refractivity contribution in [2.45, 2.75) is 31.8 Å². The first-order valence-corrected chi connectivity index (χ1v) is 7.89. The molecule has 2 N–H and O–H groups in total. The van der Waals surface area contributed by atoms with Gasteiger partial charge in [-0.1, -0.05) is 11.6 Å². The standard InChI is InChI=1S/C16H17ClFN3O2/c17-13-8-10(18)4-5-11(13)16(23)20-14-2-1-3-15-12(14)9-19-21(15)6-7-22/h4-5,8-9,14,22H,1-3,6-7H2,(H,20,23). The van der Waals surface area contributed by atoms with Crippen LogP contribution in [-0.2, 0) is 13.0 Å². The van der Waals surface area contributed by atoms with Gasteiger partial charge in [0, 0.05) is 11.3 Å². The Morgan fingerprint density at radius 1 is 1.52 bits per heavy atom. The molecule has 1 aliphatic rings. The van der Waals surface area contributed by atoms with Gasteiger partial charge in [0.05, 0.1) is 36.0 Å². The lowest BCUT2D eigenvalue weighted by atomic mass is 9.92. The van der Waals surface area contributed by atoms with Crippen LogP contribution in [0.25, 0.3) is 0 Å². The number of nitrogens with one attached hydrogen (secondary N) is 1. The summed E-state index contributed by atoms with van der Waals surface area (Å²) in [4.78, 5) is 12.4. The van der Waals surface area contributed by atoms with Crippen LogP contribution in [0.5, 0.6) is 0 Å². The van der Waals surface area contributed by atoms with Gasteiger partial charge >= 0.3 is 0 Å². The molecule has 1 aromatic carbocycles. The van der Waals surface area contributed by atoms with Crippen LogP contribution in [0.2, 0.25) is 5.02 Å². The summed E-state index contributed by atoms with van der Waals surface area (Å²) in [5.74, 6) is -0.806. The van der Waals surface area contributed by atoms with E-state index in [4.69, 9.17) is 16.7 Å². The number of halogens is 2. The molecular weight excluding hydrogens is 321 g/mol. The van der Waals surface area contributed by atoms with E-state index in [9.17, 15) is 9.18 Å². The largest absolute Gasteiger partial charge is 0.394 e. The average molecular weight is 338 g/mol. The minimum absolute atomic E-state index is 0.0241. The Labute approximate surface area is 138 Å². The highest BCUT2D eigenvalue weighted by molar-refractivity contribution is 6.33. The highest BCUT2D eigenvalue weighted by atomic mass is 35.5. The van der Waals surface area contributed by atoms with Crippen LogP contribution >= 0.6 is 11.6 Å². The summed E-state index contributed by atoms with van der Waals surface area (Å²) in [5, 5.41) is 16.4. The van der Waals surface area contributed by atoms with E-state index in [1.54, 1.807) is 10.9 Å². The van der Waals surface area contributed by atoms with E-state index in [1.807, 2.05) is 0 Å². The third-order valence-electron chi connectivity index (χ3n) is 4.06. The zero-order valence-corrected chi connectivity index (χ0v) is 13.2. The van der Waals surface area contributed by atoms with Gasteiger partial charge in [0.2, 0.25) is 0 Å². The summed E-state index contributed by atoms with van der Waals surface area (Å²) in [7, 11) is 0. The third kappa shape index (κ3) is 3.23. The van der Waals surface area contributed by atoms with Gasteiger partial charge in [0.25, 0.3) is 5.91 Å². The maximum atomic E-state index is 13.1. The Balaban J connectivity index is 1.80. The zero-order chi connectivity index (χ0) is 16.4. The molecule has 3 rings (SSSR count). The molecule has 0 radical (unpaired) electrons. The number of aliphatic hydroxyl groups excluding tert-OH is 1. The van der Waals surface area contributed by atoms with Crippen molar-refractivity contribution in [1.82, 2.24) is 15.1 Å². The number of nitrogens with zero attached hydrogens (tertiary/aromatic N) is 2. The molecule has 1 aromatic heterocycles. The lowest BCUT2D eigenvalue weighted by Gasteiger charge is -2.24. The van der Waals surface area contributed by atoms with Gasteiger partial charge < -0.3 is 10.4 Å². The van der Waals surface area contributed by atoms with Crippen LogP contribution in [0.1, 0.15) is 40.5 Å². The van der Waals surface area contributed by atoms with Crippen molar-refractivity contribution in [3.8, 4) is 0 Å². The van der Waals surface area contributed by atoms with Crippen molar-refractivity contribution in [2.75, 3.05) is 6.61 Å². The Morgan fingerprint density at radius 3 is 3.09 bits per heavy atom. The first-order valence-electron chi connectivity index (χ1n) is 7.51. The van der Waals surface area contributed by atoms with Crippen LogP contribution in [0.4, 0.5) is 4.39 Å². The number of amides is 1. The maximum Gasteiger partial charge on any atom is 0.253 e. The lowest BCUT2D eigenvalue weighted by molar-refractivity contribution is 0.0932. The molecule has 23 heavy (non-hydrogen) atoms. The molecule has 0 aliphatic heterocycles. The second-order valence-corrected chi connectivity index (χ2v) is 5.94. The highest BCUT2D eigenvalue weighted by Gasteiger charge is 2.26. The van der Waals surface area contributed by atoms with Crippen molar-refractivity contribution in [3.63, 3.8) is 0 Å². The number of aromatic nitrogens is 2. The number of hydrogen-bond donors (Lipinski definition) is 2. The Kier molecular flexibility index (Phi) is 4.63. The SMILES string of the molecule is O=C(NC1CCCc2c1cnn2CCO)c1ccc(F)cc1Cl. The summed E-state index contributed by atoms with van der Waals surface area (Å²) in [6.45, 7) is 0.468. The number of carbonyl (C=O) groups excluding carboxylic acids is 1. The molecule has 0 saturated carbocycles. The fourth-order valence-electron chi connectivity index (χ4n) is 2.97. The number of aliphatic hydroxyl groups is 1. The fraction of sp³-hybridized carbons (Fsp3) is 0.375. The predicted octanol–water partition coefficient (Wildman–Crippen LogP) is 2.48. The van der Waals surface area contributed by atoms with Gasteiger partial charge in [0.1, 0.15) is 5.82 Å². The van der Waals surface area contributed by atoms with E-state index >= 15 is 0 Å². The number of rotatable bonds is 4. The zero-order valence-electron chi connectivity index (χ0n) is 12.4. The van der Waals surface area contributed by atoms with E-state index in [0.717, 1.165) is 36.6 Å². The Hall–Kier alpha value is -1.92. The molecule has 7 heteroatoms. The normalized spacial score (nSPS) is 16.9. The molecule has 1 amide bonds. The molecule has 0 bridgehead atoms. The minimum atomic E-state index is -0.475. The Bertz CT molecular complexity index is 732. The molecule has 0 saturated heterocycles. The van der Waals surface area contributed by atoms with Gasteiger partial charge in [-0.3, -0.25) is 9.48 Å². The van der Waals surface area contributed by atoms with Crippen molar-refractivity contribution in [2.24, 2.45) is 0 Å². The predicted molar refractivity (Wildman–Crippen MR) is 83.9 cm³/mol. The van der Waals surface area contributed by atoms with E-state index in [2.05, 4.69) is 10.4 Å². The number of fused-ring (bicyclic) bond motifs is 1. The molecule has 1 unspecified atom stereocenters. The van der Waals surface area contributed by atoms with Crippen molar-refractivity contribution < 1.29 is 14.3 Å². The quantitative estimate of drug-likeness (QED) is 0.900. The topological polar surface area (TPSA) is 67.2 Å². The van der Waals surface area contributed by atoms with Crippen molar-refractivity contribution in [1.29, 1.82) is 0 Å².